The van der Waals surface area contributed by atoms with Gasteiger partial charge in [0.15, 0.2) is 6.10 Å². The highest BCUT2D eigenvalue weighted by atomic mass is 16.4. The first-order chi connectivity index (χ1) is 6.00. The van der Waals surface area contributed by atoms with Gasteiger partial charge in [-0.25, -0.2) is 4.79 Å². The number of carboxylic acids is 1. The molecule has 1 rings (SSSR count). The number of aliphatic hydroxyl groups is 1. The molecule has 1 aliphatic rings. The maximum absolute atomic E-state index is 10.3. The van der Waals surface area contributed by atoms with Crippen LogP contribution >= 0.6 is 0 Å². The summed E-state index contributed by atoms with van der Waals surface area (Å²) in [7, 11) is 0. The summed E-state index contributed by atoms with van der Waals surface area (Å²) >= 11 is 0. The number of hydrogen-bond acceptors (Lipinski definition) is 3. The van der Waals surface area contributed by atoms with E-state index in [9.17, 15) is 4.79 Å². The molecule has 1 fully saturated rings. The summed E-state index contributed by atoms with van der Waals surface area (Å²) in [5, 5.41) is 17.5. The van der Waals surface area contributed by atoms with Gasteiger partial charge in [0.25, 0.3) is 0 Å². The van der Waals surface area contributed by atoms with Gasteiger partial charge in [0, 0.05) is 19.6 Å². The van der Waals surface area contributed by atoms with Crippen molar-refractivity contribution in [2.45, 2.75) is 20.0 Å². The molecule has 76 valence electrons. The average Bonchev–Trinajstić information content (AvgIpc) is 1.94. The third-order valence-electron chi connectivity index (χ3n) is 2.64. The number of carbonyl (C=O) groups is 1. The van der Waals surface area contributed by atoms with Crippen molar-refractivity contribution >= 4 is 5.97 Å². The van der Waals surface area contributed by atoms with Gasteiger partial charge in [0.1, 0.15) is 0 Å². The van der Waals surface area contributed by atoms with Gasteiger partial charge in [0.2, 0.25) is 0 Å². The van der Waals surface area contributed by atoms with Crippen LogP contribution in [0.2, 0.25) is 0 Å². The van der Waals surface area contributed by atoms with E-state index in [1.807, 2.05) is 4.90 Å². The van der Waals surface area contributed by atoms with Crippen molar-refractivity contribution in [1.29, 1.82) is 0 Å². The van der Waals surface area contributed by atoms with Crippen LogP contribution in [0, 0.1) is 11.8 Å². The number of aliphatic carboxylic acids is 1. The smallest absolute Gasteiger partial charge is 0.333 e. The Morgan fingerprint density at radius 2 is 2.08 bits per heavy atom. The van der Waals surface area contributed by atoms with Crippen molar-refractivity contribution in [1.82, 2.24) is 4.90 Å². The number of nitrogens with zero attached hydrogens (tertiary/aromatic N) is 1. The van der Waals surface area contributed by atoms with Gasteiger partial charge in [-0.2, -0.15) is 0 Å². The van der Waals surface area contributed by atoms with Crippen LogP contribution in [0.3, 0.4) is 0 Å². The monoisotopic (exact) mass is 187 g/mol. The molecule has 1 heterocycles. The quantitative estimate of drug-likeness (QED) is 0.651. The van der Waals surface area contributed by atoms with E-state index < -0.39 is 12.1 Å². The van der Waals surface area contributed by atoms with Gasteiger partial charge in [-0.05, 0) is 11.8 Å². The number of β-amino-alcohol motifs (C(OH)–C–C–N with tert-alkyl or cyclic N) is 1. The van der Waals surface area contributed by atoms with E-state index in [2.05, 4.69) is 13.8 Å². The molecule has 0 aromatic heterocycles. The summed E-state index contributed by atoms with van der Waals surface area (Å²) in [5.74, 6) is 0.187. The van der Waals surface area contributed by atoms with Gasteiger partial charge in [-0.1, -0.05) is 13.8 Å². The highest BCUT2D eigenvalue weighted by molar-refractivity contribution is 5.72. The van der Waals surface area contributed by atoms with Gasteiger partial charge in [-0.15, -0.1) is 0 Å². The first-order valence-corrected chi connectivity index (χ1v) is 4.64. The summed E-state index contributed by atoms with van der Waals surface area (Å²) in [6.45, 7) is 6.42. The average molecular weight is 187 g/mol. The molecule has 0 aromatic rings. The van der Waals surface area contributed by atoms with Gasteiger partial charge >= 0.3 is 5.97 Å². The first-order valence-electron chi connectivity index (χ1n) is 4.64. The van der Waals surface area contributed by atoms with Crippen molar-refractivity contribution in [3.8, 4) is 0 Å². The lowest BCUT2D eigenvalue weighted by molar-refractivity contribution is -0.148. The Hall–Kier alpha value is -0.610. The molecule has 13 heavy (non-hydrogen) atoms. The fraction of sp³-hybridized carbons (Fsp3) is 0.889. The largest absolute Gasteiger partial charge is 0.479 e. The fourth-order valence-corrected chi connectivity index (χ4v) is 1.50. The lowest BCUT2D eigenvalue weighted by atomic mass is 9.88. The highest BCUT2D eigenvalue weighted by Gasteiger charge is 2.31. The minimum Gasteiger partial charge on any atom is -0.479 e. The molecule has 1 saturated heterocycles. The zero-order chi connectivity index (χ0) is 10.0. The van der Waals surface area contributed by atoms with Crippen LogP contribution in [0.25, 0.3) is 0 Å². The van der Waals surface area contributed by atoms with Crippen LogP contribution < -0.4 is 0 Å². The lowest BCUT2D eigenvalue weighted by Gasteiger charge is -2.42. The van der Waals surface area contributed by atoms with Crippen molar-refractivity contribution < 1.29 is 15.0 Å². The molecule has 0 amide bonds. The molecule has 0 saturated carbocycles. The number of hydrogen-bond donors (Lipinski definition) is 2. The summed E-state index contributed by atoms with van der Waals surface area (Å²) in [5.41, 5.74) is 0. The lowest BCUT2D eigenvalue weighted by Crippen LogP contribution is -2.52. The third-order valence-corrected chi connectivity index (χ3v) is 2.64. The number of likely N-dealkylation sites (tertiary alicyclic amines) is 1. The number of carboxylic acid groups (broad SMARTS) is 1. The molecule has 4 heteroatoms. The zero-order valence-electron chi connectivity index (χ0n) is 8.10. The molecule has 2 N–H and O–H groups in total. The molecule has 0 bridgehead atoms. The summed E-state index contributed by atoms with van der Waals surface area (Å²) in [6, 6.07) is 0. The van der Waals surface area contributed by atoms with Crippen molar-refractivity contribution in [3.63, 3.8) is 0 Å². The van der Waals surface area contributed by atoms with E-state index in [-0.39, 0.29) is 6.54 Å². The van der Waals surface area contributed by atoms with E-state index in [0.29, 0.717) is 11.8 Å². The molecule has 1 atom stereocenters. The van der Waals surface area contributed by atoms with Crippen molar-refractivity contribution in [3.05, 3.63) is 0 Å². The Balaban J connectivity index is 2.18. The number of aliphatic hydroxyl groups excluding tert-OH is 1. The Morgan fingerprint density at radius 1 is 1.54 bits per heavy atom. The van der Waals surface area contributed by atoms with Gasteiger partial charge in [-0.3, -0.25) is 4.90 Å². The van der Waals surface area contributed by atoms with Crippen LogP contribution in [0.15, 0.2) is 0 Å². The molecule has 0 aromatic carbocycles. The Kier molecular flexibility index (Phi) is 3.27. The Morgan fingerprint density at radius 3 is 2.46 bits per heavy atom. The minimum absolute atomic E-state index is 0.262. The standard InChI is InChI=1S/C9H17NO3/c1-6(2)7-3-10(4-7)5-8(11)9(12)13/h6-8,11H,3-5H2,1-2H3,(H,12,13). The first kappa shape index (κ1) is 10.5. The molecule has 0 aliphatic carbocycles. The van der Waals surface area contributed by atoms with Gasteiger partial charge < -0.3 is 10.2 Å². The molecular formula is C9H17NO3. The van der Waals surface area contributed by atoms with E-state index in [4.69, 9.17) is 10.2 Å². The van der Waals surface area contributed by atoms with E-state index in [1.165, 1.54) is 0 Å². The molecule has 0 spiro atoms. The Labute approximate surface area is 78.2 Å². The molecule has 1 aliphatic heterocycles. The van der Waals surface area contributed by atoms with Crippen LogP contribution in [0.1, 0.15) is 13.8 Å². The summed E-state index contributed by atoms with van der Waals surface area (Å²) in [6.07, 6.45) is -1.23. The molecule has 1 unspecified atom stereocenters. The van der Waals surface area contributed by atoms with Crippen LogP contribution in [0.4, 0.5) is 0 Å². The van der Waals surface area contributed by atoms with Crippen LogP contribution in [-0.4, -0.2) is 46.8 Å². The third kappa shape index (κ3) is 2.67. The van der Waals surface area contributed by atoms with Crippen LogP contribution in [0.5, 0.6) is 0 Å². The zero-order valence-corrected chi connectivity index (χ0v) is 8.10. The summed E-state index contributed by atoms with van der Waals surface area (Å²) < 4.78 is 0. The predicted molar refractivity (Wildman–Crippen MR) is 48.4 cm³/mol. The SMILES string of the molecule is CC(C)C1CN(CC(O)C(=O)O)C1. The second kappa shape index (κ2) is 4.07. The highest BCUT2D eigenvalue weighted by Crippen LogP contribution is 2.22. The van der Waals surface area contributed by atoms with E-state index in [1.54, 1.807) is 0 Å². The molecule has 4 nitrogen and oxygen atoms in total. The number of rotatable bonds is 4. The molecular weight excluding hydrogens is 170 g/mol. The topological polar surface area (TPSA) is 60.8 Å². The summed E-state index contributed by atoms with van der Waals surface area (Å²) in [4.78, 5) is 12.3. The van der Waals surface area contributed by atoms with E-state index >= 15 is 0 Å². The van der Waals surface area contributed by atoms with Gasteiger partial charge in [0.05, 0.1) is 0 Å². The van der Waals surface area contributed by atoms with Crippen molar-refractivity contribution in [2.24, 2.45) is 11.8 Å². The Bertz CT molecular complexity index is 187. The maximum Gasteiger partial charge on any atom is 0.333 e. The minimum atomic E-state index is -1.23. The molecule has 0 radical (unpaired) electrons. The fourth-order valence-electron chi connectivity index (χ4n) is 1.50. The second-order valence-corrected chi connectivity index (χ2v) is 4.08. The van der Waals surface area contributed by atoms with Crippen molar-refractivity contribution in [2.75, 3.05) is 19.6 Å². The van der Waals surface area contributed by atoms with E-state index in [0.717, 1.165) is 13.1 Å². The second-order valence-electron chi connectivity index (χ2n) is 4.08. The normalized spacial score (nSPS) is 21.5. The maximum atomic E-state index is 10.3. The van der Waals surface area contributed by atoms with Crippen LogP contribution in [-0.2, 0) is 4.79 Å². The predicted octanol–water partition coefficient (Wildman–Crippen LogP) is 0.0197.